The van der Waals surface area contributed by atoms with Gasteiger partial charge in [0.05, 0.1) is 0 Å². The fourth-order valence-corrected chi connectivity index (χ4v) is 5.23. The fourth-order valence-electron chi connectivity index (χ4n) is 4.14. The SMILES string of the molecule is Cc1nc(-c2ccc3sc4ccccc4c3c2)nc(-c2ccccc2-c2ccccc2)n1. The quantitative estimate of drug-likeness (QED) is 0.291. The zero-order chi connectivity index (χ0) is 21.5. The maximum Gasteiger partial charge on any atom is 0.164 e. The first kappa shape index (κ1) is 18.8. The summed E-state index contributed by atoms with van der Waals surface area (Å²) in [6, 6.07) is 33.7. The molecule has 6 rings (SSSR count). The van der Waals surface area contributed by atoms with E-state index < -0.39 is 0 Å². The summed E-state index contributed by atoms with van der Waals surface area (Å²) < 4.78 is 2.57. The number of aryl methyl sites for hydroxylation is 1. The highest BCUT2D eigenvalue weighted by atomic mass is 32.1. The molecule has 0 fully saturated rings. The second-order valence-corrected chi connectivity index (χ2v) is 8.83. The molecule has 0 saturated carbocycles. The Hall–Kier alpha value is -3.89. The van der Waals surface area contributed by atoms with E-state index in [1.807, 2.05) is 30.4 Å². The Kier molecular flexibility index (Phi) is 4.51. The lowest BCUT2D eigenvalue weighted by Crippen LogP contribution is -2.00. The number of rotatable bonds is 3. The van der Waals surface area contributed by atoms with Crippen LogP contribution in [0.4, 0.5) is 0 Å². The van der Waals surface area contributed by atoms with Crippen LogP contribution in [0.15, 0.2) is 97.1 Å². The topological polar surface area (TPSA) is 38.7 Å². The predicted octanol–water partition coefficient (Wildman–Crippen LogP) is 7.55. The Labute approximate surface area is 190 Å². The van der Waals surface area contributed by atoms with Crippen molar-refractivity contribution in [1.29, 1.82) is 0 Å². The summed E-state index contributed by atoms with van der Waals surface area (Å²) in [5.74, 6) is 2.11. The van der Waals surface area contributed by atoms with E-state index in [1.165, 1.54) is 20.2 Å². The van der Waals surface area contributed by atoms with Crippen LogP contribution in [0.2, 0.25) is 0 Å². The summed E-state index contributed by atoms with van der Waals surface area (Å²) in [5, 5.41) is 2.52. The molecular formula is C28H19N3S. The Balaban J connectivity index is 1.52. The first-order valence-electron chi connectivity index (χ1n) is 10.6. The van der Waals surface area contributed by atoms with Crippen LogP contribution in [0, 0.1) is 6.92 Å². The van der Waals surface area contributed by atoms with Crippen molar-refractivity contribution in [2.24, 2.45) is 0 Å². The van der Waals surface area contributed by atoms with Gasteiger partial charge >= 0.3 is 0 Å². The van der Waals surface area contributed by atoms with Crippen LogP contribution in [0.3, 0.4) is 0 Å². The van der Waals surface area contributed by atoms with E-state index in [1.54, 1.807) is 0 Å². The Morgan fingerprint density at radius 3 is 2.09 bits per heavy atom. The summed E-state index contributed by atoms with van der Waals surface area (Å²) in [4.78, 5) is 14.3. The van der Waals surface area contributed by atoms with Gasteiger partial charge in [-0.1, -0.05) is 72.8 Å². The highest BCUT2D eigenvalue weighted by Gasteiger charge is 2.14. The predicted molar refractivity (Wildman–Crippen MR) is 134 cm³/mol. The minimum absolute atomic E-state index is 0.697. The molecule has 0 aliphatic heterocycles. The molecule has 4 aromatic carbocycles. The number of hydrogen-bond donors (Lipinski definition) is 0. The van der Waals surface area contributed by atoms with Crippen molar-refractivity contribution in [2.45, 2.75) is 6.92 Å². The lowest BCUT2D eigenvalue weighted by Gasteiger charge is -2.10. The smallest absolute Gasteiger partial charge is 0.164 e. The van der Waals surface area contributed by atoms with Crippen molar-refractivity contribution >= 4 is 31.5 Å². The Morgan fingerprint density at radius 1 is 0.531 bits per heavy atom. The van der Waals surface area contributed by atoms with Crippen LogP contribution in [0.25, 0.3) is 54.1 Å². The van der Waals surface area contributed by atoms with Gasteiger partial charge in [0.2, 0.25) is 0 Å². The number of hydrogen-bond acceptors (Lipinski definition) is 4. The maximum absolute atomic E-state index is 4.91. The van der Waals surface area contributed by atoms with Crippen LogP contribution in [-0.4, -0.2) is 15.0 Å². The molecule has 152 valence electrons. The highest BCUT2D eigenvalue weighted by Crippen LogP contribution is 2.36. The molecule has 4 heteroatoms. The largest absolute Gasteiger partial charge is 0.213 e. The van der Waals surface area contributed by atoms with Gasteiger partial charge in [0, 0.05) is 31.3 Å². The average molecular weight is 430 g/mol. The Bertz CT molecular complexity index is 1590. The molecule has 0 spiro atoms. The lowest BCUT2D eigenvalue weighted by molar-refractivity contribution is 0.992. The second-order valence-electron chi connectivity index (χ2n) is 7.75. The van der Waals surface area contributed by atoms with Gasteiger partial charge in [0.25, 0.3) is 0 Å². The normalized spacial score (nSPS) is 11.3. The molecule has 0 bridgehead atoms. The summed E-state index contributed by atoms with van der Waals surface area (Å²) in [6.07, 6.45) is 0. The summed E-state index contributed by atoms with van der Waals surface area (Å²) in [5.41, 5.74) is 4.27. The van der Waals surface area contributed by atoms with E-state index >= 15 is 0 Å². The van der Waals surface area contributed by atoms with Gasteiger partial charge in [-0.2, -0.15) is 0 Å². The van der Waals surface area contributed by atoms with E-state index in [2.05, 4.69) is 89.9 Å². The van der Waals surface area contributed by atoms with E-state index in [4.69, 9.17) is 9.97 Å². The number of aromatic nitrogens is 3. The molecule has 0 saturated heterocycles. The van der Waals surface area contributed by atoms with Crippen LogP contribution in [-0.2, 0) is 0 Å². The summed E-state index contributed by atoms with van der Waals surface area (Å²) >= 11 is 1.82. The third-order valence-corrected chi connectivity index (χ3v) is 6.79. The molecule has 32 heavy (non-hydrogen) atoms. The van der Waals surface area contributed by atoms with E-state index in [-0.39, 0.29) is 0 Å². The number of fused-ring (bicyclic) bond motifs is 3. The molecule has 0 amide bonds. The minimum Gasteiger partial charge on any atom is -0.213 e. The molecule has 2 heterocycles. The van der Waals surface area contributed by atoms with E-state index in [9.17, 15) is 0 Å². The molecule has 0 radical (unpaired) electrons. The third kappa shape index (κ3) is 3.26. The van der Waals surface area contributed by atoms with Crippen molar-refractivity contribution in [2.75, 3.05) is 0 Å². The van der Waals surface area contributed by atoms with Crippen molar-refractivity contribution in [3.05, 3.63) is 103 Å². The van der Waals surface area contributed by atoms with Gasteiger partial charge in [-0.25, -0.2) is 15.0 Å². The van der Waals surface area contributed by atoms with Crippen molar-refractivity contribution in [1.82, 2.24) is 15.0 Å². The van der Waals surface area contributed by atoms with Gasteiger partial charge in [0.1, 0.15) is 5.82 Å². The average Bonchev–Trinajstić information content (AvgIpc) is 3.22. The van der Waals surface area contributed by atoms with Crippen molar-refractivity contribution < 1.29 is 0 Å². The van der Waals surface area contributed by atoms with E-state index in [0.717, 1.165) is 22.3 Å². The molecule has 0 N–H and O–H groups in total. The van der Waals surface area contributed by atoms with Crippen LogP contribution >= 0.6 is 11.3 Å². The second kappa shape index (κ2) is 7.66. The van der Waals surface area contributed by atoms with Crippen LogP contribution in [0.5, 0.6) is 0 Å². The number of benzene rings is 4. The first-order valence-corrected chi connectivity index (χ1v) is 11.4. The van der Waals surface area contributed by atoms with Gasteiger partial charge in [-0.15, -0.1) is 11.3 Å². The molecule has 0 aliphatic carbocycles. The zero-order valence-corrected chi connectivity index (χ0v) is 18.3. The third-order valence-electron chi connectivity index (χ3n) is 5.63. The highest BCUT2D eigenvalue weighted by molar-refractivity contribution is 7.25. The van der Waals surface area contributed by atoms with Gasteiger partial charge < -0.3 is 0 Å². The minimum atomic E-state index is 0.697. The van der Waals surface area contributed by atoms with Crippen molar-refractivity contribution in [3.8, 4) is 33.9 Å². The first-order chi connectivity index (χ1) is 15.8. The van der Waals surface area contributed by atoms with Crippen molar-refractivity contribution in [3.63, 3.8) is 0 Å². The number of nitrogens with zero attached hydrogens (tertiary/aromatic N) is 3. The zero-order valence-electron chi connectivity index (χ0n) is 17.5. The van der Waals surface area contributed by atoms with Crippen LogP contribution < -0.4 is 0 Å². The molecular weight excluding hydrogens is 410 g/mol. The van der Waals surface area contributed by atoms with E-state index in [0.29, 0.717) is 17.5 Å². The Morgan fingerprint density at radius 2 is 1.22 bits per heavy atom. The number of thiophene rings is 1. The fraction of sp³-hybridized carbons (Fsp3) is 0.0357. The van der Waals surface area contributed by atoms with Crippen LogP contribution in [0.1, 0.15) is 5.82 Å². The molecule has 0 aliphatic rings. The molecule has 0 atom stereocenters. The summed E-state index contributed by atoms with van der Waals surface area (Å²) in [7, 11) is 0. The molecule has 3 nitrogen and oxygen atoms in total. The molecule has 2 aromatic heterocycles. The molecule has 0 unspecified atom stereocenters. The lowest BCUT2D eigenvalue weighted by atomic mass is 9.99. The molecule has 6 aromatic rings. The standard InChI is InChI=1S/C28H19N3S/c1-18-29-27(20-15-16-26-24(17-20)22-12-7-8-14-25(22)32-26)31-28(30-18)23-13-6-5-11-21(23)19-9-3-2-4-10-19/h2-17H,1H3. The maximum atomic E-state index is 4.91. The van der Waals surface area contributed by atoms with Gasteiger partial charge in [-0.3, -0.25) is 0 Å². The monoisotopic (exact) mass is 429 g/mol. The van der Waals surface area contributed by atoms with Gasteiger partial charge in [0.15, 0.2) is 11.6 Å². The summed E-state index contributed by atoms with van der Waals surface area (Å²) in [6.45, 7) is 1.93. The van der Waals surface area contributed by atoms with Gasteiger partial charge in [-0.05, 0) is 42.3 Å².